The Kier molecular flexibility index (Phi) is 5.57. The largest absolute Gasteiger partial charge is 0.464 e. The third-order valence-corrected chi connectivity index (χ3v) is 4.76. The molecule has 1 aliphatic rings. The van der Waals surface area contributed by atoms with Crippen molar-refractivity contribution >= 4 is 11.9 Å². The molecule has 1 N–H and O–H groups in total. The summed E-state index contributed by atoms with van der Waals surface area (Å²) in [5.41, 5.74) is 2.06. The highest BCUT2D eigenvalue weighted by atomic mass is 16.5. The Labute approximate surface area is 157 Å². The van der Waals surface area contributed by atoms with Crippen molar-refractivity contribution in [3.05, 3.63) is 41.7 Å². The molecular formula is C19H23N3O5. The summed E-state index contributed by atoms with van der Waals surface area (Å²) in [6.07, 6.45) is 0.878. The van der Waals surface area contributed by atoms with Crippen molar-refractivity contribution in [2.45, 2.75) is 19.1 Å². The summed E-state index contributed by atoms with van der Waals surface area (Å²) >= 11 is 0. The fourth-order valence-electron chi connectivity index (χ4n) is 3.33. The lowest BCUT2D eigenvalue weighted by molar-refractivity contribution is 0.0520. The maximum Gasteiger partial charge on any atom is 0.356 e. The van der Waals surface area contributed by atoms with Crippen LogP contribution in [0.2, 0.25) is 0 Å². The summed E-state index contributed by atoms with van der Waals surface area (Å²) in [5, 5.41) is 14.2. The van der Waals surface area contributed by atoms with E-state index in [0.29, 0.717) is 35.5 Å². The first kappa shape index (κ1) is 19.1. The smallest absolute Gasteiger partial charge is 0.356 e. The van der Waals surface area contributed by atoms with Crippen LogP contribution in [0.5, 0.6) is 0 Å². The predicted molar refractivity (Wildman–Crippen MR) is 97.3 cm³/mol. The minimum atomic E-state index is -0.693. The van der Waals surface area contributed by atoms with Crippen molar-refractivity contribution in [2.75, 3.05) is 26.9 Å². The second-order valence-corrected chi connectivity index (χ2v) is 6.37. The van der Waals surface area contributed by atoms with Gasteiger partial charge in [0, 0.05) is 24.7 Å². The summed E-state index contributed by atoms with van der Waals surface area (Å²) in [7, 11) is 2.97. The number of hydrogen-bond acceptors (Lipinski definition) is 6. The molecular weight excluding hydrogens is 350 g/mol. The molecule has 3 rings (SSSR count). The molecule has 1 aliphatic heterocycles. The number of rotatable bonds is 5. The number of aliphatic hydroxyl groups is 1. The molecule has 2 aromatic rings. The van der Waals surface area contributed by atoms with E-state index in [1.54, 1.807) is 36.3 Å². The van der Waals surface area contributed by atoms with E-state index < -0.39 is 12.1 Å². The molecule has 1 aromatic carbocycles. The number of aryl methyl sites for hydroxylation is 1. The summed E-state index contributed by atoms with van der Waals surface area (Å²) in [4.78, 5) is 26.7. The van der Waals surface area contributed by atoms with E-state index in [4.69, 9.17) is 9.47 Å². The van der Waals surface area contributed by atoms with Gasteiger partial charge in [0.2, 0.25) is 0 Å². The molecule has 27 heavy (non-hydrogen) atoms. The molecule has 144 valence electrons. The number of aromatic nitrogens is 2. The molecule has 0 aliphatic carbocycles. The average molecular weight is 373 g/mol. The van der Waals surface area contributed by atoms with Crippen molar-refractivity contribution in [3.63, 3.8) is 0 Å². The maximum absolute atomic E-state index is 13.0. The normalized spacial score (nSPS) is 19.1. The SMILES string of the molecule is CCN(C(=O)c1cccc(-c2cnn(C)c2C(=O)OC)c1)[C@H]1COC[C@@H]1O. The van der Waals surface area contributed by atoms with Gasteiger partial charge < -0.3 is 19.5 Å². The summed E-state index contributed by atoms with van der Waals surface area (Å²) in [5.74, 6) is -0.694. The lowest BCUT2D eigenvalue weighted by Gasteiger charge is -2.29. The molecule has 1 aromatic heterocycles. The number of carbonyl (C=O) groups is 2. The van der Waals surface area contributed by atoms with Crippen LogP contribution in [-0.4, -0.2) is 70.7 Å². The van der Waals surface area contributed by atoms with E-state index in [2.05, 4.69) is 5.10 Å². The number of hydrogen-bond donors (Lipinski definition) is 1. The van der Waals surface area contributed by atoms with Crippen LogP contribution in [0.25, 0.3) is 11.1 Å². The van der Waals surface area contributed by atoms with Gasteiger partial charge in [-0.2, -0.15) is 5.10 Å². The first-order valence-electron chi connectivity index (χ1n) is 8.75. The summed E-state index contributed by atoms with van der Waals surface area (Å²) in [6.45, 7) is 2.86. The Balaban J connectivity index is 1.94. The Bertz CT molecular complexity index is 848. The number of esters is 1. The monoisotopic (exact) mass is 373 g/mol. The van der Waals surface area contributed by atoms with Crippen LogP contribution in [0.3, 0.4) is 0 Å². The first-order valence-corrected chi connectivity index (χ1v) is 8.75. The Morgan fingerprint density at radius 3 is 2.81 bits per heavy atom. The van der Waals surface area contributed by atoms with Crippen LogP contribution in [0, 0.1) is 0 Å². The fraction of sp³-hybridized carbons (Fsp3) is 0.421. The lowest BCUT2D eigenvalue weighted by atomic mass is 10.0. The Hall–Kier alpha value is -2.71. The van der Waals surface area contributed by atoms with Gasteiger partial charge in [0.05, 0.1) is 38.7 Å². The van der Waals surface area contributed by atoms with Gasteiger partial charge in [0.25, 0.3) is 5.91 Å². The quantitative estimate of drug-likeness (QED) is 0.789. The molecule has 1 saturated heterocycles. The number of nitrogens with zero attached hydrogens (tertiary/aromatic N) is 3. The molecule has 0 unspecified atom stereocenters. The molecule has 1 amide bonds. The van der Waals surface area contributed by atoms with Crippen molar-refractivity contribution < 1.29 is 24.2 Å². The minimum Gasteiger partial charge on any atom is -0.464 e. The van der Waals surface area contributed by atoms with Gasteiger partial charge in [0.1, 0.15) is 0 Å². The minimum absolute atomic E-state index is 0.197. The topological polar surface area (TPSA) is 93.9 Å². The number of likely N-dealkylation sites (N-methyl/N-ethyl adjacent to an activating group) is 1. The number of methoxy groups -OCH3 is 1. The number of ether oxygens (including phenoxy) is 2. The highest BCUT2D eigenvalue weighted by Gasteiger charge is 2.34. The summed E-state index contributed by atoms with van der Waals surface area (Å²) in [6, 6.07) is 6.63. The molecule has 8 heteroatoms. The van der Waals surface area contributed by atoms with E-state index >= 15 is 0 Å². The Morgan fingerprint density at radius 1 is 1.41 bits per heavy atom. The molecule has 0 radical (unpaired) electrons. The summed E-state index contributed by atoms with van der Waals surface area (Å²) < 4.78 is 11.6. The van der Waals surface area contributed by atoms with E-state index in [1.807, 2.05) is 13.0 Å². The molecule has 8 nitrogen and oxygen atoms in total. The highest BCUT2D eigenvalue weighted by Crippen LogP contribution is 2.26. The molecule has 1 fully saturated rings. The van der Waals surface area contributed by atoms with Gasteiger partial charge in [-0.25, -0.2) is 4.79 Å². The van der Waals surface area contributed by atoms with E-state index in [1.165, 1.54) is 11.8 Å². The first-order chi connectivity index (χ1) is 13.0. The van der Waals surface area contributed by atoms with Crippen molar-refractivity contribution in [3.8, 4) is 11.1 Å². The number of carbonyl (C=O) groups excluding carboxylic acids is 2. The predicted octanol–water partition coefficient (Wildman–Crippen LogP) is 1.10. The van der Waals surface area contributed by atoms with Crippen LogP contribution >= 0.6 is 0 Å². The Morgan fingerprint density at radius 2 is 2.19 bits per heavy atom. The van der Waals surface area contributed by atoms with Gasteiger partial charge in [-0.1, -0.05) is 12.1 Å². The van der Waals surface area contributed by atoms with E-state index in [-0.39, 0.29) is 18.6 Å². The molecule has 2 atom stereocenters. The van der Waals surface area contributed by atoms with Gasteiger partial charge in [-0.3, -0.25) is 9.48 Å². The van der Waals surface area contributed by atoms with Gasteiger partial charge in [-0.15, -0.1) is 0 Å². The zero-order valence-corrected chi connectivity index (χ0v) is 15.6. The third-order valence-electron chi connectivity index (χ3n) is 4.76. The van der Waals surface area contributed by atoms with Gasteiger partial charge in [-0.05, 0) is 24.6 Å². The fourth-order valence-corrected chi connectivity index (χ4v) is 3.33. The van der Waals surface area contributed by atoms with Crippen LogP contribution in [0.1, 0.15) is 27.8 Å². The highest BCUT2D eigenvalue weighted by molar-refractivity contribution is 5.98. The standard InChI is InChI=1S/C19H23N3O5/c1-4-22(15-10-27-11-16(15)23)18(24)13-7-5-6-12(8-13)14-9-20-21(2)17(14)19(25)26-3/h5-9,15-16,23H,4,10-11H2,1-3H3/t15-,16-/m0/s1. The zero-order valence-electron chi connectivity index (χ0n) is 15.6. The second-order valence-electron chi connectivity index (χ2n) is 6.37. The average Bonchev–Trinajstić information content (AvgIpc) is 3.27. The molecule has 0 spiro atoms. The number of aliphatic hydroxyl groups excluding tert-OH is 1. The molecule has 0 bridgehead atoms. The van der Waals surface area contributed by atoms with Crippen LogP contribution in [-0.2, 0) is 16.5 Å². The molecule has 2 heterocycles. The van der Waals surface area contributed by atoms with E-state index in [9.17, 15) is 14.7 Å². The van der Waals surface area contributed by atoms with Gasteiger partial charge >= 0.3 is 5.97 Å². The number of benzene rings is 1. The van der Waals surface area contributed by atoms with Crippen LogP contribution in [0.4, 0.5) is 0 Å². The van der Waals surface area contributed by atoms with Crippen molar-refractivity contribution in [2.24, 2.45) is 7.05 Å². The van der Waals surface area contributed by atoms with Crippen molar-refractivity contribution in [1.29, 1.82) is 0 Å². The molecule has 0 saturated carbocycles. The van der Waals surface area contributed by atoms with E-state index in [0.717, 1.165) is 0 Å². The third kappa shape index (κ3) is 3.58. The zero-order chi connectivity index (χ0) is 19.6. The second kappa shape index (κ2) is 7.89. The van der Waals surface area contributed by atoms with Crippen LogP contribution < -0.4 is 0 Å². The van der Waals surface area contributed by atoms with Crippen molar-refractivity contribution in [1.82, 2.24) is 14.7 Å². The van der Waals surface area contributed by atoms with Gasteiger partial charge in [0.15, 0.2) is 5.69 Å². The number of amides is 1. The maximum atomic E-state index is 13.0. The lowest BCUT2D eigenvalue weighted by Crippen LogP contribution is -2.46. The van der Waals surface area contributed by atoms with Crippen LogP contribution in [0.15, 0.2) is 30.5 Å².